The summed E-state index contributed by atoms with van der Waals surface area (Å²) in [7, 11) is 0. The molecule has 113 heavy (non-hydrogen) atoms. The Bertz CT molecular complexity index is 3790. The number of rotatable bonds is 47. The molecule has 0 aliphatic heterocycles. The van der Waals surface area contributed by atoms with Gasteiger partial charge in [0, 0.05) is 49.7 Å². The van der Waals surface area contributed by atoms with Crippen molar-refractivity contribution in [3.63, 3.8) is 0 Å². The molecule has 2 aromatic rings. The van der Waals surface area contributed by atoms with Gasteiger partial charge in [-0.2, -0.15) is 0 Å². The normalized spacial score (nSPS) is 14.5. The predicted octanol–water partition coefficient (Wildman–Crippen LogP) is -2.96. The fourth-order valence-electron chi connectivity index (χ4n) is 11.2. The quantitative estimate of drug-likeness (QED) is 0.0315. The van der Waals surface area contributed by atoms with Crippen LogP contribution in [0.5, 0.6) is 0 Å². The van der Waals surface area contributed by atoms with Gasteiger partial charge in [-0.15, -0.1) is 0 Å². The Morgan fingerprint density at radius 3 is 1.08 bits per heavy atom. The molecule has 0 aliphatic carbocycles. The number of aliphatic hydroxyl groups excluding tert-OH is 1. The average molecular weight is 1590 g/mol. The van der Waals surface area contributed by atoms with Gasteiger partial charge in [0.2, 0.25) is 106 Å². The van der Waals surface area contributed by atoms with E-state index in [0.717, 1.165) is 16.5 Å². The number of amides is 18. The number of carbonyl (C=O) groups is 18. The number of nitrogens with two attached hydrogens (primary N) is 3. The summed E-state index contributed by atoms with van der Waals surface area (Å²) in [6.07, 6.45) is -0.127. The van der Waals surface area contributed by atoms with Gasteiger partial charge in [-0.25, -0.2) is 0 Å². The number of aromatic amines is 1. The summed E-state index contributed by atoms with van der Waals surface area (Å²) < 4.78 is 0. The highest BCUT2D eigenvalue weighted by molar-refractivity contribution is 6.03. The highest BCUT2D eigenvalue weighted by Gasteiger charge is 2.44. The maximum atomic E-state index is 14.2. The van der Waals surface area contributed by atoms with E-state index >= 15 is 0 Å². The monoisotopic (exact) mass is 1590 g/mol. The molecule has 0 aliphatic rings. The van der Waals surface area contributed by atoms with Crippen molar-refractivity contribution >= 4 is 117 Å². The second kappa shape index (κ2) is 43.3. The van der Waals surface area contributed by atoms with Crippen LogP contribution in [0.4, 0.5) is 0 Å². The lowest BCUT2D eigenvalue weighted by Crippen LogP contribution is -2.66. The highest BCUT2D eigenvalue weighted by Crippen LogP contribution is 2.21. The van der Waals surface area contributed by atoms with Crippen molar-refractivity contribution in [1.29, 1.82) is 0 Å². The van der Waals surface area contributed by atoms with Gasteiger partial charge in [-0.05, 0) is 158 Å². The second-order valence-corrected chi connectivity index (χ2v) is 32.5. The molecule has 632 valence electrons. The van der Waals surface area contributed by atoms with Crippen molar-refractivity contribution in [3.8, 4) is 0 Å². The fourth-order valence-corrected chi connectivity index (χ4v) is 11.2. The molecule has 0 radical (unpaired) electrons. The standard InChI is InChI=1S/C75H123N19O19/c1-37(2)31-45(36-95)84-61(104)48(25-28-54(76)97)85-57(100)40(7)80-63(106)51(32-38(3)4)86-62(105)50(27-30-56(78)99)88-67(110)72(13,14)93-69(112)74(17,18)90-58(101)41(8)81-60(103)49(26-29-55(77)98)87-66(109)71(11,12)92-65(108)52(33-39(5)6)89-68(111)73(15,16)94-70(113)75(19,20)91-59(102)42(9)82-64(107)53(83-43(10)96)34-44-35-79-47-24-22-21-23-46(44)47/h21-24,35,37-42,45,48-53,79,95H,25-34,36H2,1-20H3,(H2,76,97)(H2,77,98)(H2,78,99)(H,80,106)(H,81,103)(H,82,107)(H,83,96)(H,84,104)(H,85,100)(H,86,105)(H,87,109)(H,88,110)(H,89,111)(H,90,101)(H,91,102)(H,92,108)(H,93,112)(H,94,113)/t40-,41+,42+,45+,48-,49-,50-,51+,52-,53-/m1/s1. The first-order valence-electron chi connectivity index (χ1n) is 37.6. The second-order valence-electron chi connectivity index (χ2n) is 32.5. The molecule has 18 amide bonds. The fraction of sp³-hybridized carbons (Fsp3) is 0.653. The van der Waals surface area contributed by atoms with Crippen molar-refractivity contribution in [2.75, 3.05) is 6.61 Å². The summed E-state index contributed by atoms with van der Waals surface area (Å²) >= 11 is 0. The number of hydrogen-bond acceptors (Lipinski definition) is 19. The largest absolute Gasteiger partial charge is 0.394 e. The number of primary amides is 3. The molecule has 10 atom stereocenters. The van der Waals surface area contributed by atoms with Crippen molar-refractivity contribution < 1.29 is 91.4 Å². The van der Waals surface area contributed by atoms with Crippen molar-refractivity contribution in [1.82, 2.24) is 84.7 Å². The SMILES string of the molecule is CC(=O)N[C@H](Cc1c[nH]c2ccccc12)C(=O)N[C@@H](C)C(=O)NC(C)(C)C(=O)NC(C)(C)C(=O)N[C@H](CC(C)C)C(=O)NC(C)(C)C(=O)N[C@H](CCC(N)=O)C(=O)N[C@@H](C)C(=O)NC(C)(C)C(=O)NC(C)(C)C(=O)N[C@H](CCC(N)=O)C(=O)N[C@@H](CC(C)C)C(=O)N[C@H](C)C(=O)N[C@H](CCC(N)=O)C(=O)N[C@H](CO)CC(C)C. The van der Waals surface area contributed by atoms with Crippen LogP contribution in [0.25, 0.3) is 10.9 Å². The summed E-state index contributed by atoms with van der Waals surface area (Å²) in [5.41, 5.74) is 8.55. The summed E-state index contributed by atoms with van der Waals surface area (Å²) in [4.78, 5) is 245. The van der Waals surface area contributed by atoms with Crippen molar-refractivity contribution in [2.24, 2.45) is 35.0 Å². The van der Waals surface area contributed by atoms with Gasteiger partial charge in [0.1, 0.15) is 82.1 Å². The topological polar surface area (TPSA) is 602 Å². The van der Waals surface area contributed by atoms with Crippen LogP contribution in [0.15, 0.2) is 30.5 Å². The molecule has 1 heterocycles. The Kier molecular flexibility index (Phi) is 37.6. The Balaban J connectivity index is 2.21. The van der Waals surface area contributed by atoms with Gasteiger partial charge in [-0.1, -0.05) is 59.7 Å². The molecule has 38 nitrogen and oxygen atoms in total. The molecule has 1 aromatic heterocycles. The number of H-pyrrole nitrogens is 1. The van der Waals surface area contributed by atoms with E-state index in [2.05, 4.69) is 84.7 Å². The van der Waals surface area contributed by atoms with Crippen LogP contribution >= 0.6 is 0 Å². The third-order valence-electron chi connectivity index (χ3n) is 18.0. The minimum Gasteiger partial charge on any atom is -0.394 e. The number of benzene rings is 1. The van der Waals surface area contributed by atoms with Crippen LogP contribution in [-0.2, 0) is 92.7 Å². The molecule has 0 spiro atoms. The third-order valence-corrected chi connectivity index (χ3v) is 18.0. The van der Waals surface area contributed by atoms with Crippen LogP contribution in [0.1, 0.15) is 202 Å². The van der Waals surface area contributed by atoms with Crippen molar-refractivity contribution in [2.45, 2.75) is 291 Å². The van der Waals surface area contributed by atoms with E-state index in [-0.39, 0.29) is 49.9 Å². The predicted molar refractivity (Wildman–Crippen MR) is 416 cm³/mol. The van der Waals surface area contributed by atoms with Crippen LogP contribution in [-0.4, -0.2) is 211 Å². The van der Waals surface area contributed by atoms with Gasteiger partial charge in [0.05, 0.1) is 12.6 Å². The van der Waals surface area contributed by atoms with E-state index in [1.807, 2.05) is 38.1 Å². The van der Waals surface area contributed by atoms with Crippen LogP contribution < -0.4 is 97.0 Å². The highest BCUT2D eigenvalue weighted by atomic mass is 16.3. The van der Waals surface area contributed by atoms with Gasteiger partial charge >= 0.3 is 0 Å². The Morgan fingerprint density at radius 1 is 0.363 bits per heavy atom. The number of fused-ring (bicyclic) bond motifs is 1. The Labute approximate surface area is 659 Å². The number of hydrogen-bond donors (Lipinski definition) is 20. The van der Waals surface area contributed by atoms with E-state index < -0.39 is 227 Å². The van der Waals surface area contributed by atoms with Gasteiger partial charge in [0.25, 0.3) is 0 Å². The molecule has 23 N–H and O–H groups in total. The molecule has 0 unspecified atom stereocenters. The van der Waals surface area contributed by atoms with Gasteiger partial charge in [-0.3, -0.25) is 86.3 Å². The van der Waals surface area contributed by atoms with E-state index in [4.69, 9.17) is 17.2 Å². The Hall–Kier alpha value is -10.8. The molecule has 38 heteroatoms. The summed E-state index contributed by atoms with van der Waals surface area (Å²) in [5, 5.41) is 48.8. The molecule has 2 rings (SSSR count). The zero-order chi connectivity index (χ0) is 86.8. The zero-order valence-corrected chi connectivity index (χ0v) is 68.7. The molecule has 0 saturated carbocycles. The lowest BCUT2D eigenvalue weighted by atomic mass is 9.96. The molecule has 0 fully saturated rings. The maximum absolute atomic E-state index is 14.2. The molecule has 1 aromatic carbocycles. The lowest BCUT2D eigenvalue weighted by Gasteiger charge is -2.34. The van der Waals surface area contributed by atoms with Gasteiger partial charge in [0.15, 0.2) is 0 Å². The van der Waals surface area contributed by atoms with E-state index in [1.54, 1.807) is 33.9 Å². The number of aromatic nitrogens is 1. The smallest absolute Gasteiger partial charge is 0.246 e. The third kappa shape index (κ3) is 33.2. The van der Waals surface area contributed by atoms with E-state index in [1.165, 1.54) is 96.9 Å². The van der Waals surface area contributed by atoms with E-state index in [0.29, 0.717) is 6.42 Å². The number of nitrogens with one attached hydrogen (secondary N) is 16. The summed E-state index contributed by atoms with van der Waals surface area (Å²) in [6.45, 7) is 28.3. The number of para-hydroxylation sites is 1. The molecular formula is C75H123N19O19. The first-order valence-corrected chi connectivity index (χ1v) is 37.6. The first kappa shape index (κ1) is 98.3. The lowest BCUT2D eigenvalue weighted by molar-refractivity contribution is -0.140. The van der Waals surface area contributed by atoms with Gasteiger partial charge < -0.3 is 107 Å². The van der Waals surface area contributed by atoms with Crippen LogP contribution in [0, 0.1) is 17.8 Å². The first-order chi connectivity index (χ1) is 51.9. The van der Waals surface area contributed by atoms with E-state index in [9.17, 15) is 91.4 Å². The summed E-state index contributed by atoms with van der Waals surface area (Å²) in [5.74, 6) is -16.0. The molecular weight excluding hydrogens is 1470 g/mol. The minimum atomic E-state index is -1.92. The number of aliphatic hydroxyl groups is 1. The molecule has 0 bridgehead atoms. The molecule has 0 saturated heterocycles. The zero-order valence-electron chi connectivity index (χ0n) is 68.7. The average Bonchev–Trinajstić information content (AvgIpc) is 1.77. The van der Waals surface area contributed by atoms with Crippen LogP contribution in [0.3, 0.4) is 0 Å². The van der Waals surface area contributed by atoms with Crippen molar-refractivity contribution in [3.05, 3.63) is 36.0 Å². The maximum Gasteiger partial charge on any atom is 0.246 e. The van der Waals surface area contributed by atoms with Crippen LogP contribution in [0.2, 0.25) is 0 Å². The summed E-state index contributed by atoms with van der Waals surface area (Å²) in [6, 6.07) is -5.71. The number of carbonyl (C=O) groups excluding carboxylic acids is 18. The Morgan fingerprint density at radius 2 is 0.681 bits per heavy atom. The minimum absolute atomic E-state index is 0.00709.